The molecule has 0 aromatic rings. The minimum atomic E-state index is -0.829. The fraction of sp³-hybridized carbons (Fsp3) is 0.867. The number of urea groups is 1. The van der Waals surface area contributed by atoms with E-state index < -0.39 is 12.0 Å². The van der Waals surface area contributed by atoms with Gasteiger partial charge in [-0.2, -0.15) is 0 Å². The van der Waals surface area contributed by atoms with E-state index in [0.717, 1.165) is 45.2 Å². The maximum Gasteiger partial charge on any atom is 0.326 e. The van der Waals surface area contributed by atoms with E-state index in [0.29, 0.717) is 12.3 Å². The van der Waals surface area contributed by atoms with Gasteiger partial charge in [0.25, 0.3) is 0 Å². The Balaban J connectivity index is 1.79. The standard InChI is InChI=1S/C15H24N2O3/c18-14(19)13-10-11-6-2-3-7-12(11)17(13)15(20)16-8-4-1-5-9-16/h11-13H,1-10H2,(H,18,19). The second-order valence-electron chi connectivity index (χ2n) is 6.44. The average molecular weight is 280 g/mol. The summed E-state index contributed by atoms with van der Waals surface area (Å²) in [7, 11) is 0. The molecule has 3 fully saturated rings. The van der Waals surface area contributed by atoms with Crippen molar-refractivity contribution in [1.82, 2.24) is 9.80 Å². The SMILES string of the molecule is O=C(O)C1CC2CCCCC2N1C(=O)N1CCCCC1. The zero-order valence-corrected chi connectivity index (χ0v) is 12.0. The molecule has 2 amide bonds. The molecule has 3 rings (SSSR count). The van der Waals surface area contributed by atoms with Crippen LogP contribution < -0.4 is 0 Å². The summed E-state index contributed by atoms with van der Waals surface area (Å²) >= 11 is 0. The number of carboxylic acid groups (broad SMARTS) is 1. The smallest absolute Gasteiger partial charge is 0.326 e. The Morgan fingerprint density at radius 2 is 1.65 bits per heavy atom. The molecule has 20 heavy (non-hydrogen) atoms. The molecule has 0 radical (unpaired) electrons. The van der Waals surface area contributed by atoms with Crippen LogP contribution in [0.15, 0.2) is 0 Å². The molecule has 3 aliphatic rings. The van der Waals surface area contributed by atoms with Crippen LogP contribution in [-0.4, -0.2) is 52.1 Å². The largest absolute Gasteiger partial charge is 0.480 e. The second-order valence-corrected chi connectivity index (χ2v) is 6.44. The highest BCUT2D eigenvalue weighted by molar-refractivity contribution is 5.84. The van der Waals surface area contributed by atoms with Gasteiger partial charge in [-0.3, -0.25) is 0 Å². The van der Waals surface area contributed by atoms with Gasteiger partial charge in [0.05, 0.1) is 0 Å². The molecule has 2 aliphatic heterocycles. The van der Waals surface area contributed by atoms with Crippen LogP contribution in [0.1, 0.15) is 51.4 Å². The third kappa shape index (κ3) is 2.38. The highest BCUT2D eigenvalue weighted by atomic mass is 16.4. The number of rotatable bonds is 1. The summed E-state index contributed by atoms with van der Waals surface area (Å²) in [6.45, 7) is 1.58. The van der Waals surface area contributed by atoms with E-state index >= 15 is 0 Å². The Labute approximate surface area is 119 Å². The minimum absolute atomic E-state index is 0.0218. The number of likely N-dealkylation sites (tertiary alicyclic amines) is 2. The van der Waals surface area contributed by atoms with Crippen LogP contribution in [0.5, 0.6) is 0 Å². The lowest BCUT2D eigenvalue weighted by molar-refractivity contribution is -0.141. The second kappa shape index (κ2) is 5.62. The van der Waals surface area contributed by atoms with Gasteiger partial charge < -0.3 is 14.9 Å². The first kappa shape index (κ1) is 13.7. The van der Waals surface area contributed by atoms with Crippen molar-refractivity contribution in [3.05, 3.63) is 0 Å². The van der Waals surface area contributed by atoms with Crippen molar-refractivity contribution >= 4 is 12.0 Å². The number of hydrogen-bond donors (Lipinski definition) is 1. The third-order valence-electron chi connectivity index (χ3n) is 5.22. The normalized spacial score (nSPS) is 33.9. The van der Waals surface area contributed by atoms with E-state index in [1.807, 2.05) is 4.90 Å². The monoisotopic (exact) mass is 280 g/mol. The summed E-state index contributed by atoms with van der Waals surface area (Å²) in [5, 5.41) is 9.47. The molecule has 3 unspecified atom stereocenters. The van der Waals surface area contributed by atoms with Crippen molar-refractivity contribution in [3.8, 4) is 0 Å². The number of piperidine rings is 1. The van der Waals surface area contributed by atoms with Gasteiger partial charge in [-0.05, 0) is 44.4 Å². The lowest BCUT2D eigenvalue weighted by Crippen LogP contribution is -2.53. The van der Waals surface area contributed by atoms with E-state index in [2.05, 4.69) is 0 Å². The number of carbonyl (C=O) groups is 2. The van der Waals surface area contributed by atoms with Crippen LogP contribution in [-0.2, 0) is 4.79 Å². The van der Waals surface area contributed by atoms with E-state index in [1.54, 1.807) is 4.90 Å². The fourth-order valence-corrected chi connectivity index (χ4v) is 4.20. The molecule has 1 saturated carbocycles. The first-order valence-corrected chi connectivity index (χ1v) is 7.98. The lowest BCUT2D eigenvalue weighted by Gasteiger charge is -2.38. The molecule has 5 nitrogen and oxygen atoms in total. The van der Waals surface area contributed by atoms with Crippen molar-refractivity contribution in [2.75, 3.05) is 13.1 Å². The Bertz CT molecular complexity index is 393. The minimum Gasteiger partial charge on any atom is -0.480 e. The lowest BCUT2D eigenvalue weighted by atomic mass is 9.85. The Morgan fingerprint density at radius 1 is 0.950 bits per heavy atom. The van der Waals surface area contributed by atoms with Gasteiger partial charge in [0, 0.05) is 19.1 Å². The van der Waals surface area contributed by atoms with Crippen molar-refractivity contribution in [3.63, 3.8) is 0 Å². The van der Waals surface area contributed by atoms with Gasteiger partial charge in [-0.25, -0.2) is 9.59 Å². The molecule has 3 atom stereocenters. The van der Waals surface area contributed by atoms with E-state index in [4.69, 9.17) is 0 Å². The summed E-state index contributed by atoms with van der Waals surface area (Å²) in [6.07, 6.45) is 8.29. The van der Waals surface area contributed by atoms with Crippen LogP contribution in [0.2, 0.25) is 0 Å². The van der Waals surface area contributed by atoms with Gasteiger partial charge in [0.15, 0.2) is 0 Å². The quantitative estimate of drug-likeness (QED) is 0.801. The summed E-state index contributed by atoms with van der Waals surface area (Å²) in [5.74, 6) is -0.427. The predicted octanol–water partition coefficient (Wildman–Crippen LogP) is 2.31. The third-order valence-corrected chi connectivity index (χ3v) is 5.22. The highest BCUT2D eigenvalue weighted by Crippen LogP contribution is 2.40. The molecule has 2 heterocycles. The number of carboxylic acids is 1. The van der Waals surface area contributed by atoms with Crippen LogP contribution in [0.4, 0.5) is 4.79 Å². The van der Waals surface area contributed by atoms with Gasteiger partial charge in [-0.15, -0.1) is 0 Å². The molecule has 0 bridgehead atoms. The number of carbonyl (C=O) groups excluding carboxylic acids is 1. The number of nitrogens with zero attached hydrogens (tertiary/aromatic N) is 2. The van der Waals surface area contributed by atoms with Crippen LogP contribution in [0.3, 0.4) is 0 Å². The van der Waals surface area contributed by atoms with Crippen LogP contribution >= 0.6 is 0 Å². The molecular formula is C15H24N2O3. The van der Waals surface area contributed by atoms with Crippen molar-refractivity contribution in [2.45, 2.75) is 63.5 Å². The van der Waals surface area contributed by atoms with Crippen molar-refractivity contribution in [1.29, 1.82) is 0 Å². The number of amides is 2. The molecule has 1 aliphatic carbocycles. The number of fused-ring (bicyclic) bond motifs is 1. The van der Waals surface area contributed by atoms with Crippen molar-refractivity contribution < 1.29 is 14.7 Å². The fourth-order valence-electron chi connectivity index (χ4n) is 4.20. The highest BCUT2D eigenvalue weighted by Gasteiger charge is 2.48. The molecule has 0 spiro atoms. The molecular weight excluding hydrogens is 256 g/mol. The summed E-state index contributed by atoms with van der Waals surface area (Å²) in [4.78, 5) is 27.9. The topological polar surface area (TPSA) is 60.9 Å². The summed E-state index contributed by atoms with van der Waals surface area (Å²) < 4.78 is 0. The molecule has 1 N–H and O–H groups in total. The molecule has 5 heteroatoms. The maximum absolute atomic E-state index is 12.8. The zero-order chi connectivity index (χ0) is 14.1. The number of aliphatic carboxylic acids is 1. The molecule has 0 aromatic carbocycles. The Morgan fingerprint density at radius 3 is 2.35 bits per heavy atom. The van der Waals surface area contributed by atoms with Crippen molar-refractivity contribution in [2.24, 2.45) is 5.92 Å². The Kier molecular flexibility index (Phi) is 3.85. The van der Waals surface area contributed by atoms with Crippen LogP contribution in [0.25, 0.3) is 0 Å². The average Bonchev–Trinajstić information content (AvgIpc) is 2.87. The maximum atomic E-state index is 12.8. The summed E-state index contributed by atoms with van der Waals surface area (Å²) in [5.41, 5.74) is 0. The first-order chi connectivity index (χ1) is 9.68. The van der Waals surface area contributed by atoms with E-state index in [-0.39, 0.29) is 12.1 Å². The Hall–Kier alpha value is -1.26. The molecule has 112 valence electrons. The van der Waals surface area contributed by atoms with Gasteiger partial charge in [0.2, 0.25) is 0 Å². The zero-order valence-electron chi connectivity index (χ0n) is 12.0. The predicted molar refractivity (Wildman–Crippen MR) is 74.4 cm³/mol. The van der Waals surface area contributed by atoms with Gasteiger partial charge >= 0.3 is 12.0 Å². The number of hydrogen-bond acceptors (Lipinski definition) is 2. The summed E-state index contributed by atoms with van der Waals surface area (Å²) in [6, 6.07) is -0.455. The van der Waals surface area contributed by atoms with Crippen LogP contribution in [0, 0.1) is 5.92 Å². The molecule has 2 saturated heterocycles. The van der Waals surface area contributed by atoms with E-state index in [1.165, 1.54) is 12.8 Å². The van der Waals surface area contributed by atoms with Gasteiger partial charge in [-0.1, -0.05) is 12.8 Å². The molecule has 0 aromatic heterocycles. The van der Waals surface area contributed by atoms with Gasteiger partial charge in [0.1, 0.15) is 6.04 Å². The first-order valence-electron chi connectivity index (χ1n) is 7.98. The van der Waals surface area contributed by atoms with E-state index in [9.17, 15) is 14.7 Å².